The van der Waals surface area contributed by atoms with E-state index < -0.39 is 6.04 Å². The lowest BCUT2D eigenvalue weighted by molar-refractivity contribution is -0.118. The van der Waals surface area contributed by atoms with Crippen LogP contribution in [0.1, 0.15) is 23.6 Å². The monoisotopic (exact) mass is 397 g/mol. The van der Waals surface area contributed by atoms with E-state index >= 15 is 0 Å². The Hall–Kier alpha value is -2.41. The maximum Gasteiger partial charge on any atom is 0.246 e. The fourth-order valence-electron chi connectivity index (χ4n) is 3.51. The van der Waals surface area contributed by atoms with Gasteiger partial charge in [0, 0.05) is 13.1 Å². The number of hydrogen-bond donors (Lipinski definition) is 2. The summed E-state index contributed by atoms with van der Waals surface area (Å²) in [6, 6.07) is 15.2. The van der Waals surface area contributed by atoms with Gasteiger partial charge in [0.2, 0.25) is 5.91 Å². The second-order valence-electron chi connectivity index (χ2n) is 7.30. The van der Waals surface area contributed by atoms with Crippen LogP contribution in [0.3, 0.4) is 0 Å². The van der Waals surface area contributed by atoms with E-state index in [0.29, 0.717) is 11.4 Å². The fraction of sp³-hybridized carbons (Fsp3) is 0.435. The highest BCUT2D eigenvalue weighted by molar-refractivity contribution is 5.96. The number of nitrogens with one attached hydrogen (secondary N) is 2. The van der Waals surface area contributed by atoms with Crippen molar-refractivity contribution < 1.29 is 14.3 Å². The molecule has 1 saturated heterocycles. The van der Waals surface area contributed by atoms with Gasteiger partial charge in [-0.2, -0.15) is 0 Å². The van der Waals surface area contributed by atoms with Crippen LogP contribution in [0.15, 0.2) is 48.5 Å². The third-order valence-corrected chi connectivity index (χ3v) is 5.11. The van der Waals surface area contributed by atoms with E-state index in [-0.39, 0.29) is 5.91 Å². The van der Waals surface area contributed by atoms with Crippen molar-refractivity contribution in [1.29, 1.82) is 0 Å². The summed E-state index contributed by atoms with van der Waals surface area (Å²) in [5.74, 6) is 0.564. The van der Waals surface area contributed by atoms with Crippen molar-refractivity contribution in [3.63, 3.8) is 0 Å². The largest absolute Gasteiger partial charge is 0.495 e. The quantitative estimate of drug-likeness (QED) is 0.637. The maximum absolute atomic E-state index is 13.1. The highest BCUT2D eigenvalue weighted by Crippen LogP contribution is 2.26. The predicted octanol–water partition coefficient (Wildman–Crippen LogP) is 3.00. The molecule has 0 unspecified atom stereocenters. The number of nitrogens with zero attached hydrogens (tertiary/aromatic N) is 1. The first-order valence-corrected chi connectivity index (χ1v) is 10.2. The summed E-state index contributed by atoms with van der Waals surface area (Å²) in [5.41, 5.74) is 2.70. The molecule has 0 radical (unpaired) electrons. The van der Waals surface area contributed by atoms with Crippen LogP contribution in [0.25, 0.3) is 0 Å². The minimum atomic E-state index is -0.425. The van der Waals surface area contributed by atoms with Gasteiger partial charge in [-0.25, -0.2) is 0 Å². The van der Waals surface area contributed by atoms with E-state index in [0.717, 1.165) is 56.9 Å². The number of amides is 1. The molecule has 6 heteroatoms. The number of hydrogen-bond acceptors (Lipinski definition) is 5. The van der Waals surface area contributed by atoms with Gasteiger partial charge in [0.1, 0.15) is 11.8 Å². The third kappa shape index (κ3) is 6.29. The number of anilines is 1. The summed E-state index contributed by atoms with van der Waals surface area (Å²) in [5, 5.41) is 6.47. The van der Waals surface area contributed by atoms with E-state index in [2.05, 4.69) is 15.5 Å². The van der Waals surface area contributed by atoms with Crippen molar-refractivity contribution >= 4 is 11.6 Å². The Morgan fingerprint density at radius 1 is 1.17 bits per heavy atom. The van der Waals surface area contributed by atoms with E-state index in [1.165, 1.54) is 0 Å². The van der Waals surface area contributed by atoms with Gasteiger partial charge in [-0.1, -0.05) is 36.4 Å². The molecule has 2 aromatic rings. The third-order valence-electron chi connectivity index (χ3n) is 5.11. The summed E-state index contributed by atoms with van der Waals surface area (Å²) < 4.78 is 10.8. The van der Waals surface area contributed by atoms with Crippen molar-refractivity contribution in [2.45, 2.75) is 19.4 Å². The zero-order chi connectivity index (χ0) is 20.5. The normalized spacial score (nSPS) is 15.7. The molecule has 29 heavy (non-hydrogen) atoms. The molecule has 1 heterocycles. The Labute approximate surface area is 173 Å². The number of carbonyl (C=O) groups excluding carboxylic acids is 1. The number of methoxy groups -OCH3 is 1. The van der Waals surface area contributed by atoms with Crippen molar-refractivity contribution in [3.05, 3.63) is 59.7 Å². The molecule has 1 aliphatic heterocycles. The molecule has 2 aromatic carbocycles. The lowest BCUT2D eigenvalue weighted by Crippen LogP contribution is -2.39. The summed E-state index contributed by atoms with van der Waals surface area (Å²) >= 11 is 0. The van der Waals surface area contributed by atoms with E-state index in [1.807, 2.05) is 55.5 Å². The Balaban J connectivity index is 1.63. The van der Waals surface area contributed by atoms with Crippen molar-refractivity contribution in [3.8, 4) is 5.75 Å². The first-order chi connectivity index (χ1) is 14.2. The van der Waals surface area contributed by atoms with Gasteiger partial charge in [0.05, 0.1) is 26.0 Å². The van der Waals surface area contributed by atoms with Crippen LogP contribution in [-0.2, 0) is 9.53 Å². The smallest absolute Gasteiger partial charge is 0.246 e. The Morgan fingerprint density at radius 3 is 2.66 bits per heavy atom. The summed E-state index contributed by atoms with van der Waals surface area (Å²) in [7, 11) is 1.61. The van der Waals surface area contributed by atoms with Crippen LogP contribution in [0, 0.1) is 6.92 Å². The maximum atomic E-state index is 13.1. The Bertz CT molecular complexity index is 776. The lowest BCUT2D eigenvalue weighted by atomic mass is 10.1. The summed E-state index contributed by atoms with van der Waals surface area (Å²) in [6.07, 6.45) is 0.977. The summed E-state index contributed by atoms with van der Waals surface area (Å²) in [4.78, 5) is 15.5. The SMILES string of the molecule is COc1ccc(C)cc1NC(=O)[C@@H](NCCCN1CCOCC1)c1ccccc1. The average Bonchev–Trinajstić information content (AvgIpc) is 2.75. The lowest BCUT2D eigenvalue weighted by Gasteiger charge is -2.27. The van der Waals surface area contributed by atoms with Crippen molar-refractivity contribution in [1.82, 2.24) is 10.2 Å². The first-order valence-electron chi connectivity index (χ1n) is 10.2. The van der Waals surface area contributed by atoms with Crippen LogP contribution in [0.4, 0.5) is 5.69 Å². The zero-order valence-electron chi connectivity index (χ0n) is 17.3. The minimum Gasteiger partial charge on any atom is -0.495 e. The number of ether oxygens (including phenoxy) is 2. The highest BCUT2D eigenvalue weighted by Gasteiger charge is 2.21. The van der Waals surface area contributed by atoms with Crippen LogP contribution in [-0.4, -0.2) is 57.3 Å². The van der Waals surface area contributed by atoms with Crippen molar-refractivity contribution in [2.75, 3.05) is 51.8 Å². The van der Waals surface area contributed by atoms with Gasteiger partial charge in [-0.15, -0.1) is 0 Å². The van der Waals surface area contributed by atoms with E-state index in [1.54, 1.807) is 7.11 Å². The second-order valence-corrected chi connectivity index (χ2v) is 7.30. The second kappa shape index (κ2) is 11.0. The standard InChI is InChI=1S/C23H31N3O3/c1-18-9-10-21(28-2)20(17-18)25-23(27)22(19-7-4-3-5-8-19)24-11-6-12-26-13-15-29-16-14-26/h3-5,7-10,17,22,24H,6,11-16H2,1-2H3,(H,25,27)/t22-/m0/s1. The molecule has 156 valence electrons. The van der Waals surface area contributed by atoms with Gasteiger partial charge in [-0.3, -0.25) is 9.69 Å². The summed E-state index contributed by atoms with van der Waals surface area (Å²) in [6.45, 7) is 7.33. The molecule has 6 nitrogen and oxygen atoms in total. The molecule has 0 saturated carbocycles. The molecule has 2 N–H and O–H groups in total. The zero-order valence-corrected chi connectivity index (χ0v) is 17.3. The number of aryl methyl sites for hydroxylation is 1. The number of benzene rings is 2. The molecule has 1 fully saturated rings. The van der Waals surface area contributed by atoms with Crippen molar-refractivity contribution in [2.24, 2.45) is 0 Å². The van der Waals surface area contributed by atoms with Crippen LogP contribution < -0.4 is 15.4 Å². The molecular formula is C23H31N3O3. The molecule has 1 aliphatic rings. The Morgan fingerprint density at radius 2 is 1.93 bits per heavy atom. The number of rotatable bonds is 9. The topological polar surface area (TPSA) is 62.8 Å². The molecule has 3 rings (SSSR count). The van der Waals surface area contributed by atoms with Crippen LogP contribution in [0.5, 0.6) is 5.75 Å². The van der Waals surface area contributed by atoms with Gasteiger partial charge in [0.15, 0.2) is 0 Å². The molecule has 1 atom stereocenters. The van der Waals surface area contributed by atoms with Gasteiger partial charge >= 0.3 is 0 Å². The molecule has 0 aliphatic carbocycles. The average molecular weight is 398 g/mol. The van der Waals surface area contributed by atoms with Gasteiger partial charge < -0.3 is 20.1 Å². The van der Waals surface area contributed by atoms with Crippen LogP contribution in [0.2, 0.25) is 0 Å². The molecule has 1 amide bonds. The predicted molar refractivity (Wildman–Crippen MR) is 115 cm³/mol. The number of morpholine rings is 1. The Kier molecular flexibility index (Phi) is 8.04. The van der Waals surface area contributed by atoms with Crippen LogP contribution >= 0.6 is 0 Å². The first kappa shape index (κ1) is 21.3. The van der Waals surface area contributed by atoms with E-state index in [9.17, 15) is 4.79 Å². The number of carbonyl (C=O) groups is 1. The molecule has 0 bridgehead atoms. The van der Waals surface area contributed by atoms with E-state index in [4.69, 9.17) is 9.47 Å². The van der Waals surface area contributed by atoms with Gasteiger partial charge in [0.25, 0.3) is 0 Å². The minimum absolute atomic E-state index is 0.0912. The molecule has 0 aromatic heterocycles. The highest BCUT2D eigenvalue weighted by atomic mass is 16.5. The molecular weight excluding hydrogens is 366 g/mol. The van der Waals surface area contributed by atoms with Gasteiger partial charge in [-0.05, 0) is 49.7 Å². The fourth-order valence-corrected chi connectivity index (χ4v) is 3.51. The molecule has 0 spiro atoms.